The number of rotatable bonds is 10. The Kier molecular flexibility index (Phi) is 11.3. The van der Waals surface area contributed by atoms with Crippen molar-refractivity contribution < 1.29 is 43.3 Å². The maximum Gasteiger partial charge on any atom is 0.349 e. The molecule has 3 amide bonds. The molecule has 0 radical (unpaired) electrons. The molecule has 0 aliphatic carbocycles. The minimum atomic E-state index is -2.34. The van der Waals surface area contributed by atoms with Crippen LogP contribution in [0.25, 0.3) is 0 Å². The number of nitrogens with one attached hydrogen (secondary N) is 3. The van der Waals surface area contributed by atoms with Gasteiger partial charge in [0.15, 0.2) is 0 Å². The Morgan fingerprint density at radius 2 is 1.00 bits per heavy atom. The van der Waals surface area contributed by atoms with E-state index in [-0.39, 0.29) is 22.6 Å². The van der Waals surface area contributed by atoms with Crippen LogP contribution in [0.1, 0.15) is 47.0 Å². The van der Waals surface area contributed by atoms with E-state index in [0.717, 1.165) is 5.56 Å². The summed E-state index contributed by atoms with van der Waals surface area (Å²) in [4.78, 5) is 76.2. The lowest BCUT2D eigenvalue weighted by molar-refractivity contribution is -0.159. The van der Waals surface area contributed by atoms with Gasteiger partial charge >= 0.3 is 17.9 Å². The molecule has 4 aromatic rings. The number of halogens is 2. The first kappa shape index (κ1) is 34.2. The monoisotopic (exact) mass is 677 g/mol. The molecule has 0 bridgehead atoms. The lowest BCUT2D eigenvalue weighted by atomic mass is 10.1. The highest BCUT2D eigenvalue weighted by molar-refractivity contribution is 6.31. The summed E-state index contributed by atoms with van der Waals surface area (Å²) < 4.78 is 10.2. The maximum atomic E-state index is 13.2. The largest absolute Gasteiger partial charge is 0.478 e. The van der Waals surface area contributed by atoms with Crippen LogP contribution in [0.3, 0.4) is 0 Å². The topological polar surface area (TPSA) is 177 Å². The van der Waals surface area contributed by atoms with Gasteiger partial charge in [-0.3, -0.25) is 25.2 Å². The second kappa shape index (κ2) is 15.5. The molecule has 12 nitrogen and oxygen atoms in total. The van der Waals surface area contributed by atoms with Crippen molar-refractivity contribution in [2.75, 3.05) is 5.32 Å². The quantitative estimate of drug-likeness (QED) is 0.135. The fraction of sp³-hybridized carbons (Fsp3) is 0.0909. The molecule has 14 heteroatoms. The number of carboxylic acid groups (broad SMARTS) is 1. The van der Waals surface area contributed by atoms with E-state index in [1.165, 1.54) is 72.8 Å². The fourth-order valence-corrected chi connectivity index (χ4v) is 4.16. The predicted molar refractivity (Wildman–Crippen MR) is 170 cm³/mol. The molecule has 4 rings (SSSR count). The van der Waals surface area contributed by atoms with E-state index in [1.54, 1.807) is 24.3 Å². The number of aryl methyl sites for hydroxylation is 1. The summed E-state index contributed by atoms with van der Waals surface area (Å²) in [6, 6.07) is 23.1. The third kappa shape index (κ3) is 9.39. The van der Waals surface area contributed by atoms with Crippen molar-refractivity contribution in [3.63, 3.8) is 0 Å². The van der Waals surface area contributed by atoms with Gasteiger partial charge in [0.2, 0.25) is 12.2 Å². The van der Waals surface area contributed by atoms with Gasteiger partial charge in [0, 0.05) is 26.9 Å². The molecule has 0 spiro atoms. The van der Waals surface area contributed by atoms with E-state index in [9.17, 15) is 33.9 Å². The summed E-state index contributed by atoms with van der Waals surface area (Å²) in [5.41, 5.74) is 5.74. The van der Waals surface area contributed by atoms with Crippen LogP contribution in [-0.4, -0.2) is 52.9 Å². The van der Waals surface area contributed by atoms with Crippen molar-refractivity contribution in [2.24, 2.45) is 0 Å². The first-order chi connectivity index (χ1) is 22.4. The molecule has 4 N–H and O–H groups in total. The molecular formula is C33H25Cl2N3O9. The highest BCUT2D eigenvalue weighted by Gasteiger charge is 2.41. The van der Waals surface area contributed by atoms with Crippen LogP contribution in [0.4, 0.5) is 5.69 Å². The zero-order chi connectivity index (χ0) is 34.1. The van der Waals surface area contributed by atoms with Crippen molar-refractivity contribution in [3.05, 3.63) is 135 Å². The highest BCUT2D eigenvalue weighted by Crippen LogP contribution is 2.17. The van der Waals surface area contributed by atoms with E-state index in [2.05, 4.69) is 10.7 Å². The van der Waals surface area contributed by atoms with Gasteiger partial charge < -0.3 is 19.9 Å². The molecule has 0 aromatic heterocycles. The van der Waals surface area contributed by atoms with Crippen molar-refractivity contribution >= 4 is 64.5 Å². The Morgan fingerprint density at radius 3 is 1.49 bits per heavy atom. The molecule has 0 saturated heterocycles. The molecule has 0 saturated carbocycles. The molecule has 240 valence electrons. The molecule has 0 unspecified atom stereocenters. The lowest BCUT2D eigenvalue weighted by Gasteiger charge is -2.23. The normalized spacial score (nSPS) is 11.7. The predicted octanol–water partition coefficient (Wildman–Crippen LogP) is 4.85. The molecule has 4 aromatic carbocycles. The smallest absolute Gasteiger partial charge is 0.349 e. The number of carboxylic acids is 1. The second-order valence-electron chi connectivity index (χ2n) is 9.84. The summed E-state index contributed by atoms with van der Waals surface area (Å²) in [5, 5.41) is 13.2. The Hall–Kier alpha value is -5.72. The minimum absolute atomic E-state index is 0.0392. The van der Waals surface area contributed by atoms with E-state index >= 15 is 0 Å². The number of ether oxygens (including phenoxy) is 2. The van der Waals surface area contributed by atoms with Crippen molar-refractivity contribution in [3.8, 4) is 0 Å². The van der Waals surface area contributed by atoms with Crippen LogP contribution < -0.4 is 16.2 Å². The van der Waals surface area contributed by atoms with Crippen LogP contribution in [-0.2, 0) is 19.1 Å². The van der Waals surface area contributed by atoms with E-state index in [4.69, 9.17) is 32.7 Å². The standard InChI is InChI=1S/C33H25Cl2N3O9/c1-18-2-4-19(5-3-18)28(39)36-25-16-10-20(11-17-25)29(40)37-38-30(41)26(46-32(44)21-6-12-23(34)13-7-21)27(31(42)43)47-33(45)22-8-14-24(35)15-9-22/h2-17,26-27H,1H3,(H,36,39)(H,37,40)(H,38,41)(H,42,43)/t26-,27-/m0/s1. The van der Waals surface area contributed by atoms with Gasteiger partial charge in [-0.2, -0.15) is 0 Å². The zero-order valence-corrected chi connectivity index (χ0v) is 25.9. The van der Waals surface area contributed by atoms with Gasteiger partial charge in [0.25, 0.3) is 17.7 Å². The number of hydrogen-bond acceptors (Lipinski definition) is 8. The second-order valence-corrected chi connectivity index (χ2v) is 10.7. The van der Waals surface area contributed by atoms with Gasteiger partial charge in [-0.1, -0.05) is 40.9 Å². The Balaban J connectivity index is 1.47. The zero-order valence-electron chi connectivity index (χ0n) is 24.4. The number of amides is 3. The summed E-state index contributed by atoms with van der Waals surface area (Å²) in [6.45, 7) is 1.89. The molecule has 0 aliphatic rings. The van der Waals surface area contributed by atoms with E-state index in [1.807, 2.05) is 12.3 Å². The Labute approximate surface area is 277 Å². The summed E-state index contributed by atoms with van der Waals surface area (Å²) >= 11 is 11.7. The van der Waals surface area contributed by atoms with E-state index < -0.39 is 41.9 Å². The van der Waals surface area contributed by atoms with Crippen LogP contribution in [0.2, 0.25) is 10.0 Å². The number of aliphatic carboxylic acids is 1. The molecule has 47 heavy (non-hydrogen) atoms. The summed E-state index contributed by atoms with van der Waals surface area (Å²) in [7, 11) is 0. The molecule has 0 aliphatic heterocycles. The van der Waals surface area contributed by atoms with Crippen LogP contribution in [0.5, 0.6) is 0 Å². The van der Waals surface area contributed by atoms with E-state index in [0.29, 0.717) is 21.3 Å². The number of hydrazine groups is 1. The highest BCUT2D eigenvalue weighted by atomic mass is 35.5. The molecule has 0 fully saturated rings. The number of esters is 2. The van der Waals surface area contributed by atoms with Crippen molar-refractivity contribution in [1.29, 1.82) is 0 Å². The minimum Gasteiger partial charge on any atom is -0.478 e. The number of benzene rings is 4. The molecule has 2 atom stereocenters. The third-order valence-corrected chi connectivity index (χ3v) is 6.93. The van der Waals surface area contributed by atoms with Gasteiger partial charge in [-0.15, -0.1) is 0 Å². The lowest BCUT2D eigenvalue weighted by Crippen LogP contribution is -2.54. The summed E-state index contributed by atoms with van der Waals surface area (Å²) in [6.07, 6.45) is -4.62. The van der Waals surface area contributed by atoms with Crippen LogP contribution >= 0.6 is 23.2 Å². The van der Waals surface area contributed by atoms with Crippen LogP contribution in [0, 0.1) is 6.92 Å². The molecule has 0 heterocycles. The average molecular weight is 678 g/mol. The van der Waals surface area contributed by atoms with Crippen molar-refractivity contribution in [2.45, 2.75) is 19.1 Å². The van der Waals surface area contributed by atoms with Gasteiger partial charge in [0.05, 0.1) is 11.1 Å². The first-order valence-corrected chi connectivity index (χ1v) is 14.4. The number of anilines is 1. The van der Waals surface area contributed by atoms with Gasteiger partial charge in [-0.25, -0.2) is 14.4 Å². The average Bonchev–Trinajstić information content (AvgIpc) is 3.06. The third-order valence-electron chi connectivity index (χ3n) is 6.42. The SMILES string of the molecule is Cc1ccc(C(=O)Nc2ccc(C(=O)NNC(=O)[C@@H](OC(=O)c3ccc(Cl)cc3)[C@H](OC(=O)c3ccc(Cl)cc3)C(=O)O)cc2)cc1. The maximum absolute atomic E-state index is 13.2. The Bertz CT molecular complexity index is 1800. The van der Waals surface area contributed by atoms with Gasteiger partial charge in [0.1, 0.15) is 0 Å². The molecular weight excluding hydrogens is 653 g/mol. The van der Waals surface area contributed by atoms with Gasteiger partial charge in [-0.05, 0) is 91.9 Å². The fourth-order valence-electron chi connectivity index (χ4n) is 3.91. The number of carbonyl (C=O) groups is 6. The van der Waals surface area contributed by atoms with Crippen molar-refractivity contribution in [1.82, 2.24) is 10.9 Å². The number of carbonyl (C=O) groups excluding carboxylic acids is 5. The Morgan fingerprint density at radius 1 is 0.574 bits per heavy atom. The summed E-state index contributed by atoms with van der Waals surface area (Å²) in [5.74, 6) is -6.68. The van der Waals surface area contributed by atoms with Crippen LogP contribution in [0.15, 0.2) is 97.1 Å². The first-order valence-electron chi connectivity index (χ1n) is 13.7. The number of hydrogen-bond donors (Lipinski definition) is 4.